The lowest BCUT2D eigenvalue weighted by Crippen LogP contribution is -2.54. The van der Waals surface area contributed by atoms with Gasteiger partial charge in [0.2, 0.25) is 0 Å². The van der Waals surface area contributed by atoms with Crippen molar-refractivity contribution in [1.29, 1.82) is 0 Å². The molecule has 0 bridgehead atoms. The summed E-state index contributed by atoms with van der Waals surface area (Å²) >= 11 is 0. The first kappa shape index (κ1) is 17.8. The topological polar surface area (TPSA) is 69.9 Å². The van der Waals surface area contributed by atoms with E-state index in [-0.39, 0.29) is 6.04 Å². The first-order valence-corrected chi connectivity index (χ1v) is 10.2. The van der Waals surface area contributed by atoms with Crippen LogP contribution in [0.4, 0.5) is 0 Å². The number of rotatable bonds is 5. The van der Waals surface area contributed by atoms with Gasteiger partial charge in [-0.05, 0) is 19.8 Å². The smallest absolute Gasteiger partial charge is 0.282 e. The van der Waals surface area contributed by atoms with E-state index in [1.165, 1.54) is 6.42 Å². The zero-order valence-corrected chi connectivity index (χ0v) is 15.5. The summed E-state index contributed by atoms with van der Waals surface area (Å²) in [5.41, 5.74) is 0.875. The maximum Gasteiger partial charge on any atom is 0.282 e. The average Bonchev–Trinajstić information content (AvgIpc) is 3.00. The molecular weight excluding hydrogens is 328 g/mol. The van der Waals surface area contributed by atoms with Crippen molar-refractivity contribution < 1.29 is 12.9 Å². The highest BCUT2D eigenvalue weighted by molar-refractivity contribution is 7.86. The van der Waals surface area contributed by atoms with Crippen LogP contribution in [0.3, 0.4) is 0 Å². The van der Waals surface area contributed by atoms with E-state index in [1.807, 2.05) is 13.0 Å². The normalized spacial score (nSPS) is 22.3. The summed E-state index contributed by atoms with van der Waals surface area (Å²) in [4.78, 5) is 2.21. The molecule has 0 radical (unpaired) electrons. The minimum Gasteiger partial charge on any atom is -0.360 e. The summed E-state index contributed by atoms with van der Waals surface area (Å²) in [7, 11) is -1.60. The third-order valence-electron chi connectivity index (χ3n) is 5.17. The maximum absolute atomic E-state index is 12.9. The van der Waals surface area contributed by atoms with Crippen LogP contribution in [0.15, 0.2) is 10.6 Å². The molecule has 0 N–H and O–H groups in total. The van der Waals surface area contributed by atoms with Crippen LogP contribution in [0, 0.1) is 6.92 Å². The molecule has 7 nitrogen and oxygen atoms in total. The van der Waals surface area contributed by atoms with Crippen molar-refractivity contribution in [2.75, 3.05) is 33.2 Å². The Labute approximate surface area is 144 Å². The fraction of sp³-hybridized carbons (Fsp3) is 0.812. The maximum atomic E-state index is 12.9. The van der Waals surface area contributed by atoms with E-state index < -0.39 is 10.2 Å². The van der Waals surface area contributed by atoms with Crippen molar-refractivity contribution in [3.63, 3.8) is 0 Å². The summed E-state index contributed by atoms with van der Waals surface area (Å²) in [6.45, 7) is 5.10. The molecular formula is C16H28N4O3S. The molecule has 2 heterocycles. The second-order valence-electron chi connectivity index (χ2n) is 6.93. The van der Waals surface area contributed by atoms with Gasteiger partial charge in [0.05, 0.1) is 12.2 Å². The van der Waals surface area contributed by atoms with Gasteiger partial charge in [-0.3, -0.25) is 4.90 Å². The van der Waals surface area contributed by atoms with Gasteiger partial charge in [-0.15, -0.1) is 0 Å². The van der Waals surface area contributed by atoms with Crippen LogP contribution in [-0.2, 0) is 16.8 Å². The van der Waals surface area contributed by atoms with E-state index in [0.717, 1.165) is 50.2 Å². The zero-order chi connectivity index (χ0) is 17.2. The Bertz CT molecular complexity index is 632. The number of hydrogen-bond acceptors (Lipinski definition) is 5. The van der Waals surface area contributed by atoms with Gasteiger partial charge in [0, 0.05) is 45.3 Å². The van der Waals surface area contributed by atoms with Crippen LogP contribution in [0.1, 0.15) is 43.6 Å². The van der Waals surface area contributed by atoms with E-state index >= 15 is 0 Å². The Balaban J connectivity index is 1.54. The molecule has 8 heteroatoms. The SMILES string of the molecule is Cc1cc(CN2CCN(S(=O)(=O)N(C)C3CCCCC3)CC2)on1. The van der Waals surface area contributed by atoms with Crippen molar-refractivity contribution in [3.05, 3.63) is 17.5 Å². The molecule has 0 aromatic carbocycles. The van der Waals surface area contributed by atoms with E-state index in [2.05, 4.69) is 10.1 Å². The lowest BCUT2D eigenvalue weighted by molar-refractivity contribution is 0.157. The Morgan fingerprint density at radius 3 is 2.46 bits per heavy atom. The van der Waals surface area contributed by atoms with Gasteiger partial charge in [-0.2, -0.15) is 17.0 Å². The monoisotopic (exact) mass is 356 g/mol. The van der Waals surface area contributed by atoms with Gasteiger partial charge >= 0.3 is 0 Å². The third kappa shape index (κ3) is 3.99. The predicted octanol–water partition coefficient (Wildman–Crippen LogP) is 1.61. The lowest BCUT2D eigenvalue weighted by atomic mass is 9.96. The molecule has 1 aliphatic carbocycles. The van der Waals surface area contributed by atoms with E-state index in [9.17, 15) is 8.42 Å². The lowest BCUT2D eigenvalue weighted by Gasteiger charge is -2.38. The van der Waals surface area contributed by atoms with Gasteiger partial charge in [0.15, 0.2) is 5.76 Å². The second kappa shape index (κ2) is 7.51. The quantitative estimate of drug-likeness (QED) is 0.802. The van der Waals surface area contributed by atoms with Crippen LogP contribution >= 0.6 is 0 Å². The Hall–Kier alpha value is -0.960. The molecule has 2 fully saturated rings. The average molecular weight is 356 g/mol. The third-order valence-corrected chi connectivity index (χ3v) is 7.21. The number of aryl methyl sites for hydroxylation is 1. The number of aromatic nitrogens is 1. The van der Waals surface area contributed by atoms with Crippen molar-refractivity contribution in [2.45, 2.75) is 51.6 Å². The van der Waals surface area contributed by atoms with E-state index in [1.54, 1.807) is 15.7 Å². The molecule has 136 valence electrons. The molecule has 1 saturated carbocycles. The summed E-state index contributed by atoms with van der Waals surface area (Å²) < 4.78 is 34.2. The Kier molecular flexibility index (Phi) is 5.59. The Morgan fingerprint density at radius 1 is 1.21 bits per heavy atom. The number of piperazine rings is 1. The van der Waals surface area contributed by atoms with Gasteiger partial charge in [-0.1, -0.05) is 24.4 Å². The van der Waals surface area contributed by atoms with Gasteiger partial charge in [-0.25, -0.2) is 0 Å². The highest BCUT2D eigenvalue weighted by Crippen LogP contribution is 2.25. The van der Waals surface area contributed by atoms with Crippen molar-refractivity contribution in [1.82, 2.24) is 18.7 Å². The highest BCUT2D eigenvalue weighted by atomic mass is 32.2. The van der Waals surface area contributed by atoms with Crippen molar-refractivity contribution >= 4 is 10.2 Å². The van der Waals surface area contributed by atoms with E-state index in [0.29, 0.717) is 19.6 Å². The standard InChI is InChI=1S/C16H28N4O3S/c1-14-12-16(23-17-14)13-19-8-10-20(11-9-19)24(21,22)18(2)15-6-4-3-5-7-15/h12,15H,3-11,13H2,1-2H3. The fourth-order valence-electron chi connectivity index (χ4n) is 3.64. The molecule has 0 amide bonds. The van der Waals surface area contributed by atoms with Crippen LogP contribution in [0.2, 0.25) is 0 Å². The van der Waals surface area contributed by atoms with Crippen LogP contribution in [0.25, 0.3) is 0 Å². The fourth-order valence-corrected chi connectivity index (χ4v) is 5.22. The molecule has 3 rings (SSSR count). The number of nitrogens with zero attached hydrogens (tertiary/aromatic N) is 4. The summed E-state index contributed by atoms with van der Waals surface area (Å²) in [5, 5.41) is 3.90. The molecule has 24 heavy (non-hydrogen) atoms. The molecule has 1 aromatic heterocycles. The summed E-state index contributed by atoms with van der Waals surface area (Å²) in [6, 6.07) is 2.10. The number of hydrogen-bond donors (Lipinski definition) is 0. The second-order valence-corrected chi connectivity index (χ2v) is 8.91. The van der Waals surface area contributed by atoms with Gasteiger partial charge in [0.25, 0.3) is 10.2 Å². The summed E-state index contributed by atoms with van der Waals surface area (Å²) in [6.07, 6.45) is 5.47. The van der Waals surface area contributed by atoms with Crippen LogP contribution < -0.4 is 0 Å². The Morgan fingerprint density at radius 2 is 1.88 bits per heavy atom. The van der Waals surface area contributed by atoms with Crippen molar-refractivity contribution in [3.8, 4) is 0 Å². The first-order valence-electron chi connectivity index (χ1n) is 8.84. The highest BCUT2D eigenvalue weighted by Gasteiger charge is 2.34. The molecule has 1 aromatic rings. The van der Waals surface area contributed by atoms with Crippen molar-refractivity contribution in [2.24, 2.45) is 0 Å². The molecule has 1 aliphatic heterocycles. The minimum absolute atomic E-state index is 0.166. The molecule has 0 unspecified atom stereocenters. The molecule has 0 atom stereocenters. The van der Waals surface area contributed by atoms with Crippen LogP contribution in [-0.4, -0.2) is 66.4 Å². The summed E-state index contributed by atoms with van der Waals surface area (Å²) in [5.74, 6) is 0.836. The molecule has 2 aliphatic rings. The van der Waals surface area contributed by atoms with E-state index in [4.69, 9.17) is 4.52 Å². The first-order chi connectivity index (χ1) is 11.5. The van der Waals surface area contributed by atoms with Gasteiger partial charge < -0.3 is 4.52 Å². The predicted molar refractivity (Wildman–Crippen MR) is 91.6 cm³/mol. The largest absolute Gasteiger partial charge is 0.360 e. The minimum atomic E-state index is -3.35. The van der Waals surface area contributed by atoms with Gasteiger partial charge in [0.1, 0.15) is 0 Å². The molecule has 0 spiro atoms. The van der Waals surface area contributed by atoms with Crippen LogP contribution in [0.5, 0.6) is 0 Å². The zero-order valence-electron chi connectivity index (χ0n) is 14.6. The molecule has 1 saturated heterocycles.